The van der Waals surface area contributed by atoms with Crippen molar-refractivity contribution in [1.29, 1.82) is 0 Å². The highest BCUT2D eigenvalue weighted by molar-refractivity contribution is 6.32. The molecule has 1 amide bonds. The summed E-state index contributed by atoms with van der Waals surface area (Å²) in [7, 11) is 0. The van der Waals surface area contributed by atoms with Crippen LogP contribution in [0.1, 0.15) is 17.3 Å². The molecule has 0 heterocycles. The summed E-state index contributed by atoms with van der Waals surface area (Å²) in [4.78, 5) is 22.8. The van der Waals surface area contributed by atoms with Crippen LogP contribution in [0.2, 0.25) is 5.02 Å². The molecule has 0 aliphatic carbocycles. The first kappa shape index (κ1) is 17.7. The predicted molar refractivity (Wildman–Crippen MR) is 88.5 cm³/mol. The maximum absolute atomic E-state index is 13.5. The third-order valence-electron chi connectivity index (χ3n) is 2.96. The smallest absolute Gasteiger partial charge is 0.262 e. The number of aldehydes is 1. The van der Waals surface area contributed by atoms with E-state index in [0.717, 1.165) is 0 Å². The molecule has 0 unspecified atom stereocenters. The average molecular weight is 352 g/mol. The molecule has 1 N–H and O–H groups in total. The van der Waals surface area contributed by atoms with Gasteiger partial charge in [0.25, 0.3) is 5.91 Å². The summed E-state index contributed by atoms with van der Waals surface area (Å²) in [5.74, 6) is -0.703. The monoisotopic (exact) mass is 351 g/mol. The van der Waals surface area contributed by atoms with Crippen molar-refractivity contribution in [2.45, 2.75) is 6.92 Å². The first-order valence-electron chi connectivity index (χ1n) is 7.13. The lowest BCUT2D eigenvalue weighted by Crippen LogP contribution is -2.21. The van der Waals surface area contributed by atoms with E-state index in [1.165, 1.54) is 30.3 Å². The Morgan fingerprint density at radius 2 is 2.04 bits per heavy atom. The third-order valence-corrected chi connectivity index (χ3v) is 3.24. The number of benzene rings is 2. The Kier molecular flexibility index (Phi) is 6.14. The first-order chi connectivity index (χ1) is 11.5. The second-order valence-electron chi connectivity index (χ2n) is 4.70. The SMILES string of the molecule is CCOc1cc(C=O)cc(Cl)c1OCC(=O)Nc1ccccc1F. The molecule has 2 aromatic rings. The molecule has 0 radical (unpaired) electrons. The molecule has 24 heavy (non-hydrogen) atoms. The van der Waals surface area contributed by atoms with Crippen LogP contribution in [0.15, 0.2) is 36.4 Å². The van der Waals surface area contributed by atoms with Crippen LogP contribution >= 0.6 is 11.6 Å². The predicted octanol–water partition coefficient (Wildman–Crippen LogP) is 3.71. The Hall–Kier alpha value is -2.60. The summed E-state index contributed by atoms with van der Waals surface area (Å²) in [6.07, 6.45) is 0.628. The number of carbonyl (C=O) groups is 2. The number of hydrogen-bond acceptors (Lipinski definition) is 4. The van der Waals surface area contributed by atoms with Crippen molar-refractivity contribution in [2.24, 2.45) is 0 Å². The number of halogens is 2. The van der Waals surface area contributed by atoms with Crippen molar-refractivity contribution in [3.05, 3.63) is 52.8 Å². The first-order valence-corrected chi connectivity index (χ1v) is 7.51. The molecule has 0 aromatic heterocycles. The molecular formula is C17H15ClFNO4. The molecule has 0 spiro atoms. The van der Waals surface area contributed by atoms with E-state index in [2.05, 4.69) is 5.32 Å². The van der Waals surface area contributed by atoms with Crippen molar-refractivity contribution in [1.82, 2.24) is 0 Å². The summed E-state index contributed by atoms with van der Waals surface area (Å²) in [6, 6.07) is 8.66. The van der Waals surface area contributed by atoms with Gasteiger partial charge in [0.15, 0.2) is 18.1 Å². The number of para-hydroxylation sites is 1. The highest BCUT2D eigenvalue weighted by Gasteiger charge is 2.15. The van der Waals surface area contributed by atoms with Gasteiger partial charge in [0.05, 0.1) is 17.3 Å². The van der Waals surface area contributed by atoms with Crippen LogP contribution in [0, 0.1) is 5.82 Å². The number of rotatable bonds is 7. The van der Waals surface area contributed by atoms with Gasteiger partial charge in [0.2, 0.25) is 0 Å². The van der Waals surface area contributed by atoms with Crippen LogP contribution in [0.25, 0.3) is 0 Å². The van der Waals surface area contributed by atoms with E-state index >= 15 is 0 Å². The lowest BCUT2D eigenvalue weighted by Gasteiger charge is -2.14. The zero-order valence-corrected chi connectivity index (χ0v) is 13.6. The van der Waals surface area contributed by atoms with E-state index in [1.807, 2.05) is 0 Å². The molecule has 0 bridgehead atoms. The van der Waals surface area contributed by atoms with Gasteiger partial charge < -0.3 is 14.8 Å². The molecule has 0 fully saturated rings. The lowest BCUT2D eigenvalue weighted by molar-refractivity contribution is -0.118. The molecule has 0 saturated carbocycles. The van der Waals surface area contributed by atoms with Gasteiger partial charge in [-0.2, -0.15) is 0 Å². The molecule has 2 rings (SSSR count). The Bertz CT molecular complexity index is 751. The highest BCUT2D eigenvalue weighted by atomic mass is 35.5. The molecule has 0 saturated heterocycles. The number of hydrogen-bond donors (Lipinski definition) is 1. The van der Waals surface area contributed by atoms with Gasteiger partial charge in [-0.1, -0.05) is 23.7 Å². The number of ether oxygens (including phenoxy) is 2. The topological polar surface area (TPSA) is 64.6 Å². The van der Waals surface area contributed by atoms with Gasteiger partial charge in [-0.3, -0.25) is 9.59 Å². The second kappa shape index (κ2) is 8.31. The largest absolute Gasteiger partial charge is 0.490 e. The lowest BCUT2D eigenvalue weighted by atomic mass is 10.2. The summed E-state index contributed by atoms with van der Waals surface area (Å²) in [5, 5.41) is 2.54. The van der Waals surface area contributed by atoms with Crippen molar-refractivity contribution in [2.75, 3.05) is 18.5 Å². The normalized spacial score (nSPS) is 10.1. The quantitative estimate of drug-likeness (QED) is 0.772. The molecule has 0 atom stereocenters. The van der Waals surface area contributed by atoms with Gasteiger partial charge in [0.1, 0.15) is 12.1 Å². The molecule has 126 valence electrons. The molecular weight excluding hydrogens is 337 g/mol. The van der Waals surface area contributed by atoms with Gasteiger partial charge in [0, 0.05) is 5.56 Å². The summed E-state index contributed by atoms with van der Waals surface area (Å²) in [5.41, 5.74) is 0.380. The molecule has 5 nitrogen and oxygen atoms in total. The fraction of sp³-hybridized carbons (Fsp3) is 0.176. The Labute approximate surface area is 143 Å². The fourth-order valence-electron chi connectivity index (χ4n) is 1.95. The number of amides is 1. The fourth-order valence-corrected chi connectivity index (χ4v) is 2.22. The van der Waals surface area contributed by atoms with E-state index in [1.54, 1.807) is 13.0 Å². The van der Waals surface area contributed by atoms with Crippen molar-refractivity contribution in [3.8, 4) is 11.5 Å². The average Bonchev–Trinajstić information content (AvgIpc) is 2.56. The van der Waals surface area contributed by atoms with Crippen LogP contribution in [0.4, 0.5) is 10.1 Å². The zero-order chi connectivity index (χ0) is 17.5. The molecule has 0 aliphatic heterocycles. The third kappa shape index (κ3) is 4.45. The summed E-state index contributed by atoms with van der Waals surface area (Å²) in [6.45, 7) is 1.70. The molecule has 2 aromatic carbocycles. The second-order valence-corrected chi connectivity index (χ2v) is 5.10. The number of anilines is 1. The minimum absolute atomic E-state index is 0.0542. The summed E-state index contributed by atoms with van der Waals surface area (Å²) < 4.78 is 24.3. The minimum atomic E-state index is -0.557. The maximum Gasteiger partial charge on any atom is 0.262 e. The standard InChI is InChI=1S/C17H15ClFNO4/c1-2-23-15-8-11(9-21)7-12(18)17(15)24-10-16(22)20-14-6-4-3-5-13(14)19/h3-9H,2,10H2,1H3,(H,20,22). The Morgan fingerprint density at radius 3 is 2.71 bits per heavy atom. The Balaban J connectivity index is 2.09. The van der Waals surface area contributed by atoms with Crippen LogP contribution < -0.4 is 14.8 Å². The molecule has 0 aliphatic rings. The van der Waals surface area contributed by atoms with Crippen LogP contribution in [-0.2, 0) is 4.79 Å². The molecule has 7 heteroatoms. The zero-order valence-electron chi connectivity index (χ0n) is 12.8. The van der Waals surface area contributed by atoms with Crippen molar-refractivity contribution >= 4 is 29.5 Å². The maximum atomic E-state index is 13.5. The van der Waals surface area contributed by atoms with Crippen LogP contribution in [0.3, 0.4) is 0 Å². The number of nitrogens with one attached hydrogen (secondary N) is 1. The van der Waals surface area contributed by atoms with Crippen LogP contribution in [0.5, 0.6) is 11.5 Å². The Morgan fingerprint density at radius 1 is 1.29 bits per heavy atom. The number of carbonyl (C=O) groups excluding carboxylic acids is 2. The van der Waals surface area contributed by atoms with E-state index in [0.29, 0.717) is 18.5 Å². The van der Waals surface area contributed by atoms with E-state index in [-0.39, 0.29) is 22.2 Å². The van der Waals surface area contributed by atoms with E-state index < -0.39 is 18.3 Å². The summed E-state index contributed by atoms with van der Waals surface area (Å²) >= 11 is 6.06. The highest BCUT2D eigenvalue weighted by Crippen LogP contribution is 2.36. The van der Waals surface area contributed by atoms with Gasteiger partial charge in [-0.05, 0) is 31.2 Å². The van der Waals surface area contributed by atoms with E-state index in [9.17, 15) is 14.0 Å². The minimum Gasteiger partial charge on any atom is -0.490 e. The van der Waals surface area contributed by atoms with Gasteiger partial charge >= 0.3 is 0 Å². The van der Waals surface area contributed by atoms with Gasteiger partial charge in [-0.15, -0.1) is 0 Å². The van der Waals surface area contributed by atoms with E-state index in [4.69, 9.17) is 21.1 Å². The van der Waals surface area contributed by atoms with Gasteiger partial charge in [-0.25, -0.2) is 4.39 Å². The van der Waals surface area contributed by atoms with Crippen molar-refractivity contribution in [3.63, 3.8) is 0 Å². The van der Waals surface area contributed by atoms with Crippen molar-refractivity contribution < 1.29 is 23.5 Å². The van der Waals surface area contributed by atoms with Crippen LogP contribution in [-0.4, -0.2) is 25.4 Å².